The molecule has 1 saturated heterocycles. The first kappa shape index (κ1) is 15.5. The fourth-order valence-corrected chi connectivity index (χ4v) is 2.33. The molecule has 122 valence electrons. The van der Waals surface area contributed by atoms with Gasteiger partial charge in [0, 0.05) is 18.9 Å². The quantitative estimate of drug-likeness (QED) is 0.944. The van der Waals surface area contributed by atoms with E-state index in [1.54, 1.807) is 0 Å². The molecular weight excluding hydrogens is 311 g/mol. The fourth-order valence-electron chi connectivity index (χ4n) is 2.33. The molecule has 1 fully saturated rings. The number of anilines is 1. The maximum Gasteiger partial charge on any atom is 0.416 e. The first-order chi connectivity index (χ1) is 10.9. The van der Waals surface area contributed by atoms with Crippen LogP contribution in [0.1, 0.15) is 12.0 Å². The van der Waals surface area contributed by atoms with E-state index in [0.29, 0.717) is 25.5 Å². The van der Waals surface area contributed by atoms with Crippen molar-refractivity contribution >= 4 is 11.7 Å². The Bertz CT molecular complexity index is 706. The van der Waals surface area contributed by atoms with Crippen LogP contribution in [0.5, 0.6) is 0 Å². The monoisotopic (exact) mass is 325 g/mol. The minimum absolute atomic E-state index is 0.197. The van der Waals surface area contributed by atoms with Crippen LogP contribution >= 0.6 is 0 Å². The molecule has 5 nitrogen and oxygen atoms in total. The number of nitrogens with one attached hydrogen (secondary N) is 1. The molecule has 0 radical (unpaired) electrons. The molecule has 23 heavy (non-hydrogen) atoms. The molecule has 8 heteroatoms. The van der Waals surface area contributed by atoms with Crippen LogP contribution in [0.3, 0.4) is 0 Å². The van der Waals surface area contributed by atoms with Crippen LogP contribution in [-0.2, 0) is 15.7 Å². The van der Waals surface area contributed by atoms with Crippen molar-refractivity contribution in [2.45, 2.75) is 12.6 Å². The number of halogens is 3. The molecule has 1 aliphatic heterocycles. The Labute approximate surface area is 130 Å². The van der Waals surface area contributed by atoms with Crippen LogP contribution in [0.4, 0.5) is 19.0 Å². The highest BCUT2D eigenvalue weighted by Gasteiger charge is 2.30. The third-order valence-electron chi connectivity index (χ3n) is 3.58. The lowest BCUT2D eigenvalue weighted by molar-refractivity contribution is -0.137. The summed E-state index contributed by atoms with van der Waals surface area (Å²) in [5, 5.41) is 6.74. The third-order valence-corrected chi connectivity index (χ3v) is 3.58. The number of amides is 1. The molecular formula is C15H14F3N3O2. The normalized spacial score (nSPS) is 18.1. The first-order valence-corrected chi connectivity index (χ1v) is 7.05. The molecule has 0 aliphatic carbocycles. The Morgan fingerprint density at radius 3 is 2.87 bits per heavy atom. The van der Waals surface area contributed by atoms with Gasteiger partial charge in [0.15, 0.2) is 5.82 Å². The topological polar surface area (TPSA) is 56.2 Å². The van der Waals surface area contributed by atoms with Gasteiger partial charge in [0.1, 0.15) is 0 Å². The first-order valence-electron chi connectivity index (χ1n) is 7.05. The van der Waals surface area contributed by atoms with Gasteiger partial charge >= 0.3 is 6.18 Å². The van der Waals surface area contributed by atoms with E-state index < -0.39 is 11.7 Å². The molecule has 1 atom stereocenters. The van der Waals surface area contributed by atoms with Gasteiger partial charge in [-0.15, -0.1) is 0 Å². The van der Waals surface area contributed by atoms with Crippen LogP contribution in [0.2, 0.25) is 0 Å². The minimum atomic E-state index is -4.41. The molecule has 1 aliphatic rings. The number of benzene rings is 1. The number of hydrogen-bond acceptors (Lipinski definition) is 3. The van der Waals surface area contributed by atoms with Crippen LogP contribution in [-0.4, -0.2) is 28.9 Å². The van der Waals surface area contributed by atoms with Crippen molar-refractivity contribution in [2.24, 2.45) is 5.92 Å². The van der Waals surface area contributed by atoms with Gasteiger partial charge in [-0.05, 0) is 24.6 Å². The summed E-state index contributed by atoms with van der Waals surface area (Å²) in [5.41, 5.74) is -0.483. The molecule has 0 bridgehead atoms. The molecule has 0 unspecified atom stereocenters. The van der Waals surface area contributed by atoms with Crippen molar-refractivity contribution in [3.8, 4) is 5.69 Å². The maximum atomic E-state index is 12.7. The number of aromatic nitrogens is 2. The molecule has 3 rings (SSSR count). The summed E-state index contributed by atoms with van der Waals surface area (Å²) in [4.78, 5) is 12.0. The smallest absolute Gasteiger partial charge is 0.381 e. The third kappa shape index (κ3) is 3.53. The molecule has 1 amide bonds. The summed E-state index contributed by atoms with van der Waals surface area (Å²) >= 11 is 0. The Kier molecular flexibility index (Phi) is 4.08. The maximum absolute atomic E-state index is 12.7. The lowest BCUT2D eigenvalue weighted by Crippen LogP contribution is -2.23. The Morgan fingerprint density at radius 1 is 1.35 bits per heavy atom. The Hall–Kier alpha value is -2.35. The van der Waals surface area contributed by atoms with E-state index in [1.807, 2.05) is 0 Å². The second-order valence-electron chi connectivity index (χ2n) is 5.24. The van der Waals surface area contributed by atoms with Crippen LogP contribution < -0.4 is 5.32 Å². The van der Waals surface area contributed by atoms with Gasteiger partial charge in [-0.1, -0.05) is 6.07 Å². The van der Waals surface area contributed by atoms with Gasteiger partial charge < -0.3 is 10.1 Å². The highest BCUT2D eigenvalue weighted by molar-refractivity contribution is 5.91. The molecule has 1 aromatic carbocycles. The van der Waals surface area contributed by atoms with Crippen LogP contribution in [0.15, 0.2) is 36.5 Å². The predicted molar refractivity (Wildman–Crippen MR) is 76.1 cm³/mol. The average molecular weight is 325 g/mol. The second-order valence-corrected chi connectivity index (χ2v) is 5.24. The van der Waals surface area contributed by atoms with Crippen molar-refractivity contribution in [3.63, 3.8) is 0 Å². The SMILES string of the molecule is O=C(Nc1ccn(-c2cccc(C(F)(F)F)c2)n1)[C@H]1CCOC1. The van der Waals surface area contributed by atoms with E-state index >= 15 is 0 Å². The summed E-state index contributed by atoms with van der Waals surface area (Å²) in [6.45, 7) is 0.928. The highest BCUT2D eigenvalue weighted by Crippen LogP contribution is 2.30. The van der Waals surface area contributed by atoms with E-state index in [4.69, 9.17) is 4.74 Å². The van der Waals surface area contributed by atoms with Crippen molar-refractivity contribution in [1.29, 1.82) is 0 Å². The van der Waals surface area contributed by atoms with Crippen molar-refractivity contribution < 1.29 is 22.7 Å². The number of ether oxygens (including phenoxy) is 1. The standard InChI is InChI=1S/C15H14F3N3O2/c16-15(17,18)11-2-1-3-12(8-11)21-6-4-13(20-21)19-14(22)10-5-7-23-9-10/h1-4,6,8,10H,5,7,9H2,(H,19,20,22)/t10-/m0/s1. The van der Waals surface area contributed by atoms with Gasteiger partial charge in [-0.25, -0.2) is 4.68 Å². The molecule has 0 spiro atoms. The molecule has 2 aromatic rings. The van der Waals surface area contributed by atoms with Crippen molar-refractivity contribution in [3.05, 3.63) is 42.1 Å². The van der Waals surface area contributed by atoms with Gasteiger partial charge in [-0.2, -0.15) is 18.3 Å². The van der Waals surface area contributed by atoms with Gasteiger partial charge in [0.2, 0.25) is 5.91 Å². The minimum Gasteiger partial charge on any atom is -0.381 e. The molecule has 1 aromatic heterocycles. The fraction of sp³-hybridized carbons (Fsp3) is 0.333. The number of rotatable bonds is 3. The van der Waals surface area contributed by atoms with Gasteiger partial charge in [0.05, 0.1) is 23.8 Å². The van der Waals surface area contributed by atoms with Crippen LogP contribution in [0.25, 0.3) is 5.69 Å². The molecule has 0 saturated carbocycles. The number of carbonyl (C=O) groups excluding carboxylic acids is 1. The summed E-state index contributed by atoms with van der Waals surface area (Å²) in [5.74, 6) is -0.121. The predicted octanol–water partition coefficient (Wildman–Crippen LogP) is 2.87. The number of alkyl halides is 3. The number of nitrogens with zero attached hydrogens (tertiary/aromatic N) is 2. The van der Waals surface area contributed by atoms with E-state index in [-0.39, 0.29) is 17.5 Å². The van der Waals surface area contributed by atoms with Crippen molar-refractivity contribution in [1.82, 2.24) is 9.78 Å². The average Bonchev–Trinajstić information content (AvgIpc) is 3.18. The Morgan fingerprint density at radius 2 is 2.17 bits per heavy atom. The summed E-state index contributed by atoms with van der Waals surface area (Å²) < 4.78 is 44.6. The zero-order valence-electron chi connectivity index (χ0n) is 12.0. The van der Waals surface area contributed by atoms with E-state index in [9.17, 15) is 18.0 Å². The second kappa shape index (κ2) is 6.04. The van der Waals surface area contributed by atoms with E-state index in [1.165, 1.54) is 29.1 Å². The van der Waals surface area contributed by atoms with E-state index in [0.717, 1.165) is 12.1 Å². The zero-order valence-corrected chi connectivity index (χ0v) is 12.0. The summed E-state index contributed by atoms with van der Waals surface area (Å²) in [6, 6.07) is 6.36. The lowest BCUT2D eigenvalue weighted by Gasteiger charge is -2.09. The lowest BCUT2D eigenvalue weighted by atomic mass is 10.1. The van der Waals surface area contributed by atoms with Gasteiger partial charge in [-0.3, -0.25) is 4.79 Å². The Balaban J connectivity index is 1.75. The summed E-state index contributed by atoms with van der Waals surface area (Å²) in [7, 11) is 0. The van der Waals surface area contributed by atoms with E-state index in [2.05, 4.69) is 10.4 Å². The van der Waals surface area contributed by atoms with Crippen LogP contribution in [0, 0.1) is 5.92 Å². The van der Waals surface area contributed by atoms with Gasteiger partial charge in [0.25, 0.3) is 0 Å². The zero-order chi connectivity index (χ0) is 16.4. The van der Waals surface area contributed by atoms with Crippen molar-refractivity contribution in [2.75, 3.05) is 18.5 Å². The highest BCUT2D eigenvalue weighted by atomic mass is 19.4. The summed E-state index contributed by atoms with van der Waals surface area (Å²) in [6.07, 6.45) is -2.26. The molecule has 1 N–H and O–H groups in total. The largest absolute Gasteiger partial charge is 0.416 e. The number of carbonyl (C=O) groups is 1. The number of hydrogen-bond donors (Lipinski definition) is 1. The molecule has 2 heterocycles.